The lowest BCUT2D eigenvalue weighted by Crippen LogP contribution is -2.30. The molecule has 0 spiro atoms. The van der Waals surface area contributed by atoms with E-state index in [1.54, 1.807) is 0 Å². The summed E-state index contributed by atoms with van der Waals surface area (Å²) in [7, 11) is 0. The Morgan fingerprint density at radius 1 is 1.44 bits per heavy atom. The summed E-state index contributed by atoms with van der Waals surface area (Å²) in [6, 6.07) is 5.60. The van der Waals surface area contributed by atoms with Crippen LogP contribution in [-0.2, 0) is 6.54 Å². The smallest absolute Gasteiger partial charge is 0.0635 e. The third-order valence-electron chi connectivity index (χ3n) is 2.63. The van der Waals surface area contributed by atoms with Gasteiger partial charge in [0.15, 0.2) is 0 Å². The summed E-state index contributed by atoms with van der Waals surface area (Å²) in [5, 5.41) is 13.2. The van der Waals surface area contributed by atoms with E-state index in [1.165, 1.54) is 0 Å². The van der Waals surface area contributed by atoms with Crippen LogP contribution in [0.3, 0.4) is 0 Å². The number of benzene rings is 1. The summed E-state index contributed by atoms with van der Waals surface area (Å²) in [4.78, 5) is 0. The van der Waals surface area contributed by atoms with Crippen LogP contribution in [0.1, 0.15) is 19.4 Å². The number of halogens is 1. The first-order valence-electron chi connectivity index (χ1n) is 5.44. The predicted molar refractivity (Wildman–Crippen MR) is 68.7 cm³/mol. The summed E-state index contributed by atoms with van der Waals surface area (Å²) in [6.07, 6.45) is 0. The minimum atomic E-state index is 0.0338. The zero-order chi connectivity index (χ0) is 12.1. The molecule has 4 heteroatoms. The standard InChI is InChI=1S/C12H19ClN2O/c1-8(2)12(7-16)15-11-4-3-10(13)5-9(11)6-14/h3-5,8,12,15-16H,6-7,14H2,1-2H3. The number of nitrogens with two attached hydrogens (primary N) is 1. The number of hydrogen-bond donors (Lipinski definition) is 3. The SMILES string of the molecule is CC(C)C(CO)Nc1ccc(Cl)cc1CN. The fourth-order valence-electron chi connectivity index (χ4n) is 1.49. The summed E-state index contributed by atoms with van der Waals surface area (Å²) < 4.78 is 0. The Hall–Kier alpha value is -0.770. The molecule has 1 aromatic rings. The van der Waals surface area contributed by atoms with Gasteiger partial charge in [0.2, 0.25) is 0 Å². The minimum Gasteiger partial charge on any atom is -0.394 e. The van der Waals surface area contributed by atoms with Crippen LogP contribution < -0.4 is 11.1 Å². The molecule has 0 aliphatic carbocycles. The Kier molecular flexibility index (Phi) is 5.06. The number of rotatable bonds is 5. The van der Waals surface area contributed by atoms with Gasteiger partial charge in [-0.15, -0.1) is 0 Å². The summed E-state index contributed by atoms with van der Waals surface area (Å²) >= 11 is 5.90. The molecule has 0 saturated heterocycles. The molecule has 0 heterocycles. The maximum Gasteiger partial charge on any atom is 0.0635 e. The largest absolute Gasteiger partial charge is 0.394 e. The van der Waals surface area contributed by atoms with Crippen LogP contribution >= 0.6 is 11.6 Å². The molecule has 1 unspecified atom stereocenters. The molecule has 3 nitrogen and oxygen atoms in total. The van der Waals surface area contributed by atoms with Gasteiger partial charge in [0, 0.05) is 17.3 Å². The highest BCUT2D eigenvalue weighted by Crippen LogP contribution is 2.22. The molecule has 1 rings (SSSR count). The molecule has 0 fully saturated rings. The average molecular weight is 243 g/mol. The van der Waals surface area contributed by atoms with E-state index in [0.717, 1.165) is 11.3 Å². The molecule has 0 aliphatic rings. The van der Waals surface area contributed by atoms with Crippen molar-refractivity contribution >= 4 is 17.3 Å². The molecular weight excluding hydrogens is 224 g/mol. The van der Waals surface area contributed by atoms with Gasteiger partial charge in [0.1, 0.15) is 0 Å². The van der Waals surface area contributed by atoms with Crippen LogP contribution in [0.25, 0.3) is 0 Å². The van der Waals surface area contributed by atoms with Gasteiger partial charge in [-0.05, 0) is 29.7 Å². The highest BCUT2D eigenvalue weighted by Gasteiger charge is 2.13. The van der Waals surface area contributed by atoms with Crippen molar-refractivity contribution < 1.29 is 5.11 Å². The van der Waals surface area contributed by atoms with E-state index in [4.69, 9.17) is 17.3 Å². The first kappa shape index (κ1) is 13.3. The van der Waals surface area contributed by atoms with E-state index in [1.807, 2.05) is 18.2 Å². The molecule has 1 atom stereocenters. The Morgan fingerprint density at radius 2 is 2.12 bits per heavy atom. The summed E-state index contributed by atoms with van der Waals surface area (Å²) in [6.45, 7) is 4.65. The number of hydrogen-bond acceptors (Lipinski definition) is 3. The van der Waals surface area contributed by atoms with Crippen molar-refractivity contribution in [2.75, 3.05) is 11.9 Å². The monoisotopic (exact) mass is 242 g/mol. The molecule has 0 saturated carbocycles. The highest BCUT2D eigenvalue weighted by atomic mass is 35.5. The molecule has 0 bridgehead atoms. The van der Waals surface area contributed by atoms with Crippen molar-refractivity contribution in [1.29, 1.82) is 0 Å². The topological polar surface area (TPSA) is 58.3 Å². The molecule has 90 valence electrons. The van der Waals surface area contributed by atoms with Crippen molar-refractivity contribution in [2.45, 2.75) is 26.4 Å². The zero-order valence-electron chi connectivity index (χ0n) is 9.70. The highest BCUT2D eigenvalue weighted by molar-refractivity contribution is 6.30. The summed E-state index contributed by atoms with van der Waals surface area (Å²) in [5.41, 5.74) is 7.56. The first-order chi connectivity index (χ1) is 7.58. The van der Waals surface area contributed by atoms with Crippen LogP contribution in [0.5, 0.6) is 0 Å². The predicted octanol–water partition coefficient (Wildman–Crippen LogP) is 2.23. The lowest BCUT2D eigenvalue weighted by molar-refractivity contribution is 0.249. The van der Waals surface area contributed by atoms with Gasteiger partial charge < -0.3 is 16.2 Å². The van der Waals surface area contributed by atoms with Crippen LogP contribution in [0.4, 0.5) is 5.69 Å². The van der Waals surface area contributed by atoms with Crippen molar-refractivity contribution in [1.82, 2.24) is 0 Å². The van der Waals surface area contributed by atoms with Crippen LogP contribution in [-0.4, -0.2) is 17.8 Å². The Morgan fingerprint density at radius 3 is 2.62 bits per heavy atom. The Balaban J connectivity index is 2.87. The average Bonchev–Trinajstić information content (AvgIpc) is 2.26. The fraction of sp³-hybridized carbons (Fsp3) is 0.500. The number of aliphatic hydroxyl groups is 1. The number of nitrogens with one attached hydrogen (secondary N) is 1. The van der Waals surface area contributed by atoms with Crippen LogP contribution in [0.2, 0.25) is 5.02 Å². The van der Waals surface area contributed by atoms with Gasteiger partial charge >= 0.3 is 0 Å². The first-order valence-corrected chi connectivity index (χ1v) is 5.82. The molecule has 16 heavy (non-hydrogen) atoms. The van der Waals surface area contributed by atoms with E-state index in [-0.39, 0.29) is 12.6 Å². The normalized spacial score (nSPS) is 12.9. The second kappa shape index (κ2) is 6.09. The third-order valence-corrected chi connectivity index (χ3v) is 2.86. The van der Waals surface area contributed by atoms with Gasteiger partial charge in [0.25, 0.3) is 0 Å². The van der Waals surface area contributed by atoms with Gasteiger partial charge in [-0.2, -0.15) is 0 Å². The van der Waals surface area contributed by atoms with Crippen molar-refractivity contribution in [2.24, 2.45) is 11.7 Å². The van der Waals surface area contributed by atoms with Gasteiger partial charge in [-0.25, -0.2) is 0 Å². The van der Waals surface area contributed by atoms with Gasteiger partial charge in [-0.3, -0.25) is 0 Å². The minimum absolute atomic E-state index is 0.0338. The van der Waals surface area contributed by atoms with E-state index in [9.17, 15) is 5.11 Å². The Bertz CT molecular complexity index is 342. The molecule has 1 aromatic carbocycles. The summed E-state index contributed by atoms with van der Waals surface area (Å²) in [5.74, 6) is 0.353. The van der Waals surface area contributed by atoms with E-state index in [0.29, 0.717) is 17.5 Å². The van der Waals surface area contributed by atoms with Crippen LogP contribution in [0, 0.1) is 5.92 Å². The fourth-order valence-corrected chi connectivity index (χ4v) is 1.69. The lowest BCUT2D eigenvalue weighted by atomic mass is 10.0. The number of aliphatic hydroxyl groups excluding tert-OH is 1. The van der Waals surface area contributed by atoms with E-state index >= 15 is 0 Å². The van der Waals surface area contributed by atoms with Gasteiger partial charge in [-0.1, -0.05) is 25.4 Å². The zero-order valence-corrected chi connectivity index (χ0v) is 10.5. The molecule has 4 N–H and O–H groups in total. The Labute approximate surface area is 102 Å². The molecule has 0 aromatic heterocycles. The van der Waals surface area contributed by atoms with E-state index in [2.05, 4.69) is 19.2 Å². The number of anilines is 1. The quantitative estimate of drug-likeness (QED) is 0.742. The molecule has 0 aliphatic heterocycles. The van der Waals surface area contributed by atoms with Crippen molar-refractivity contribution in [3.05, 3.63) is 28.8 Å². The molecule has 0 amide bonds. The van der Waals surface area contributed by atoms with Crippen molar-refractivity contribution in [3.63, 3.8) is 0 Å². The second-order valence-corrected chi connectivity index (χ2v) is 4.62. The molecular formula is C12H19ClN2O. The maximum absolute atomic E-state index is 9.26. The van der Waals surface area contributed by atoms with Crippen LogP contribution in [0.15, 0.2) is 18.2 Å². The van der Waals surface area contributed by atoms with Gasteiger partial charge in [0.05, 0.1) is 12.6 Å². The maximum atomic E-state index is 9.26. The second-order valence-electron chi connectivity index (χ2n) is 4.18. The molecule has 0 radical (unpaired) electrons. The van der Waals surface area contributed by atoms with E-state index < -0.39 is 0 Å². The van der Waals surface area contributed by atoms with Crippen molar-refractivity contribution in [3.8, 4) is 0 Å². The third kappa shape index (κ3) is 3.37. The lowest BCUT2D eigenvalue weighted by Gasteiger charge is -2.22.